The van der Waals surface area contributed by atoms with Crippen molar-refractivity contribution in [1.82, 2.24) is 0 Å². The Morgan fingerprint density at radius 2 is 1.92 bits per heavy atom. The van der Waals surface area contributed by atoms with E-state index in [1.165, 1.54) is 31.3 Å². The highest BCUT2D eigenvalue weighted by atomic mass is 16.5. The Hall–Kier alpha value is -1.77. The Labute approximate surface area is 153 Å². The lowest BCUT2D eigenvalue weighted by Gasteiger charge is -2.21. The zero-order valence-electron chi connectivity index (χ0n) is 16.6. The zero-order chi connectivity index (χ0) is 18.7. The number of aldehydes is 1. The van der Waals surface area contributed by atoms with Crippen LogP contribution in [0.25, 0.3) is 0 Å². The van der Waals surface area contributed by atoms with Crippen LogP contribution in [0.5, 0.6) is 11.5 Å². The van der Waals surface area contributed by atoms with E-state index in [1.807, 2.05) is 26.0 Å². The van der Waals surface area contributed by atoms with Crippen molar-refractivity contribution in [3.05, 3.63) is 34.9 Å². The lowest BCUT2D eigenvalue weighted by atomic mass is 10.0. The van der Waals surface area contributed by atoms with Crippen molar-refractivity contribution >= 4 is 6.29 Å². The molecule has 0 aromatic heterocycles. The number of hydrogen-bond donors (Lipinski definition) is 0. The molecule has 25 heavy (non-hydrogen) atoms. The van der Waals surface area contributed by atoms with E-state index < -0.39 is 0 Å². The molecular formula is C22H34O3. The minimum Gasteiger partial charge on any atom is -0.490 e. The van der Waals surface area contributed by atoms with Crippen LogP contribution in [0, 0.1) is 6.92 Å². The molecule has 0 saturated carbocycles. The van der Waals surface area contributed by atoms with E-state index in [0.717, 1.165) is 30.4 Å². The van der Waals surface area contributed by atoms with Gasteiger partial charge in [0.15, 0.2) is 11.5 Å². The largest absolute Gasteiger partial charge is 0.490 e. The first-order chi connectivity index (χ1) is 12.0. The van der Waals surface area contributed by atoms with Gasteiger partial charge in [-0.05, 0) is 52.7 Å². The van der Waals surface area contributed by atoms with Gasteiger partial charge in [-0.1, -0.05) is 37.8 Å². The number of ether oxygens (including phenoxy) is 2. The molecule has 0 fully saturated rings. The minimum atomic E-state index is 0.132. The maximum absolute atomic E-state index is 11.2. The van der Waals surface area contributed by atoms with Crippen LogP contribution in [0.1, 0.15) is 82.1 Å². The maximum atomic E-state index is 11.2. The summed E-state index contributed by atoms with van der Waals surface area (Å²) in [6.07, 6.45) is 10.1. The molecule has 0 bridgehead atoms. The first kappa shape index (κ1) is 21.3. The Morgan fingerprint density at radius 3 is 2.52 bits per heavy atom. The van der Waals surface area contributed by atoms with Gasteiger partial charge in [0.2, 0.25) is 0 Å². The maximum Gasteiger partial charge on any atom is 0.164 e. The molecule has 0 aliphatic carbocycles. The van der Waals surface area contributed by atoms with Gasteiger partial charge in [0.25, 0.3) is 0 Å². The van der Waals surface area contributed by atoms with Gasteiger partial charge in [0.1, 0.15) is 12.4 Å². The molecular weight excluding hydrogens is 312 g/mol. The summed E-state index contributed by atoms with van der Waals surface area (Å²) in [5.74, 6) is 1.44. The number of allylic oxidation sites excluding steroid dienone is 1. The second-order valence-electron chi connectivity index (χ2n) is 6.76. The van der Waals surface area contributed by atoms with Crippen molar-refractivity contribution in [2.24, 2.45) is 0 Å². The van der Waals surface area contributed by atoms with E-state index in [0.29, 0.717) is 17.9 Å². The molecule has 0 saturated heterocycles. The number of unbranched alkanes of at least 4 members (excludes halogenated alkanes) is 3. The predicted molar refractivity (Wildman–Crippen MR) is 105 cm³/mol. The second kappa shape index (κ2) is 11.7. The van der Waals surface area contributed by atoms with Crippen LogP contribution in [0.15, 0.2) is 23.8 Å². The third-order valence-corrected chi connectivity index (χ3v) is 4.29. The van der Waals surface area contributed by atoms with Crippen molar-refractivity contribution in [2.75, 3.05) is 6.61 Å². The Kier molecular flexibility index (Phi) is 9.98. The van der Waals surface area contributed by atoms with Gasteiger partial charge >= 0.3 is 0 Å². The van der Waals surface area contributed by atoms with Crippen molar-refractivity contribution in [3.63, 3.8) is 0 Å². The first-order valence-electron chi connectivity index (χ1n) is 9.55. The highest BCUT2D eigenvalue weighted by Gasteiger charge is 2.16. The molecule has 1 aromatic rings. The second-order valence-corrected chi connectivity index (χ2v) is 6.76. The van der Waals surface area contributed by atoms with Crippen LogP contribution < -0.4 is 9.47 Å². The molecule has 1 unspecified atom stereocenters. The quantitative estimate of drug-likeness (QED) is 0.254. The standard InChI is InChI=1S/C22H34O3/c1-6-8-9-10-11-20(14-12-17(3)4)25-21-15-13-19(16-23)18(5)22(21)24-7-2/h12-13,15-16,20H,6-11,14H2,1-5H3. The van der Waals surface area contributed by atoms with Gasteiger partial charge in [-0.25, -0.2) is 0 Å². The molecule has 1 aromatic carbocycles. The van der Waals surface area contributed by atoms with Gasteiger partial charge < -0.3 is 9.47 Å². The van der Waals surface area contributed by atoms with Crippen molar-refractivity contribution in [2.45, 2.75) is 79.2 Å². The summed E-state index contributed by atoms with van der Waals surface area (Å²) in [5.41, 5.74) is 2.81. The van der Waals surface area contributed by atoms with E-state index >= 15 is 0 Å². The number of carbonyl (C=O) groups excluding carboxylic acids is 1. The lowest BCUT2D eigenvalue weighted by Crippen LogP contribution is -2.17. The molecule has 140 valence electrons. The average molecular weight is 347 g/mol. The monoisotopic (exact) mass is 346 g/mol. The third kappa shape index (κ3) is 7.33. The van der Waals surface area contributed by atoms with E-state index in [-0.39, 0.29) is 6.10 Å². The summed E-state index contributed by atoms with van der Waals surface area (Å²) in [6, 6.07) is 3.68. The summed E-state index contributed by atoms with van der Waals surface area (Å²) in [5, 5.41) is 0. The summed E-state index contributed by atoms with van der Waals surface area (Å²) in [7, 11) is 0. The van der Waals surface area contributed by atoms with Gasteiger partial charge in [-0.3, -0.25) is 4.79 Å². The summed E-state index contributed by atoms with van der Waals surface area (Å²) in [6.45, 7) is 10.9. The van der Waals surface area contributed by atoms with Crippen LogP contribution in [-0.4, -0.2) is 19.0 Å². The lowest BCUT2D eigenvalue weighted by molar-refractivity contribution is 0.112. The Bertz CT molecular complexity index is 557. The van der Waals surface area contributed by atoms with Gasteiger partial charge in [0, 0.05) is 17.5 Å². The molecule has 0 radical (unpaired) electrons. The molecule has 0 N–H and O–H groups in total. The van der Waals surface area contributed by atoms with Crippen LogP contribution >= 0.6 is 0 Å². The van der Waals surface area contributed by atoms with Crippen molar-refractivity contribution in [1.29, 1.82) is 0 Å². The van der Waals surface area contributed by atoms with Crippen LogP contribution in [0.3, 0.4) is 0 Å². The number of hydrogen-bond acceptors (Lipinski definition) is 3. The predicted octanol–water partition coefficient (Wildman–Crippen LogP) is 6.28. The van der Waals surface area contributed by atoms with E-state index in [9.17, 15) is 4.79 Å². The fourth-order valence-electron chi connectivity index (χ4n) is 2.80. The minimum absolute atomic E-state index is 0.132. The summed E-state index contributed by atoms with van der Waals surface area (Å²) < 4.78 is 12.1. The van der Waals surface area contributed by atoms with Crippen molar-refractivity contribution < 1.29 is 14.3 Å². The number of carbonyl (C=O) groups is 1. The molecule has 3 heteroatoms. The third-order valence-electron chi connectivity index (χ3n) is 4.29. The normalized spacial score (nSPS) is 11.7. The van der Waals surface area contributed by atoms with E-state index in [4.69, 9.17) is 9.47 Å². The average Bonchev–Trinajstić information content (AvgIpc) is 2.59. The van der Waals surface area contributed by atoms with Gasteiger partial charge in [0.05, 0.1) is 6.61 Å². The molecule has 0 aliphatic heterocycles. The van der Waals surface area contributed by atoms with Gasteiger partial charge in [-0.2, -0.15) is 0 Å². The zero-order valence-corrected chi connectivity index (χ0v) is 16.6. The fraction of sp³-hybridized carbons (Fsp3) is 0.591. The molecule has 1 atom stereocenters. The van der Waals surface area contributed by atoms with Crippen LogP contribution in [-0.2, 0) is 0 Å². The SMILES string of the molecule is CCCCCCC(CC=C(C)C)Oc1ccc(C=O)c(C)c1OCC. The Balaban J connectivity index is 2.94. The van der Waals surface area contributed by atoms with Crippen molar-refractivity contribution in [3.8, 4) is 11.5 Å². The fourth-order valence-corrected chi connectivity index (χ4v) is 2.80. The molecule has 0 heterocycles. The molecule has 3 nitrogen and oxygen atoms in total. The van der Waals surface area contributed by atoms with E-state index in [1.54, 1.807) is 0 Å². The van der Waals surface area contributed by atoms with Gasteiger partial charge in [-0.15, -0.1) is 0 Å². The number of rotatable bonds is 12. The topological polar surface area (TPSA) is 35.5 Å². The first-order valence-corrected chi connectivity index (χ1v) is 9.55. The molecule has 0 amide bonds. The van der Waals surface area contributed by atoms with Crippen LogP contribution in [0.2, 0.25) is 0 Å². The highest BCUT2D eigenvalue weighted by Crippen LogP contribution is 2.34. The molecule has 0 aliphatic rings. The smallest absolute Gasteiger partial charge is 0.164 e. The molecule has 1 rings (SSSR count). The Morgan fingerprint density at radius 1 is 1.16 bits per heavy atom. The molecule has 0 spiro atoms. The highest BCUT2D eigenvalue weighted by molar-refractivity contribution is 5.79. The van der Waals surface area contributed by atoms with Crippen LogP contribution in [0.4, 0.5) is 0 Å². The summed E-state index contributed by atoms with van der Waals surface area (Å²) >= 11 is 0. The number of benzene rings is 1. The summed E-state index contributed by atoms with van der Waals surface area (Å²) in [4.78, 5) is 11.2. The van der Waals surface area contributed by atoms with E-state index in [2.05, 4.69) is 26.8 Å².